The Balaban J connectivity index is 0.000000230. The van der Waals surface area contributed by atoms with Crippen LogP contribution in [0.25, 0.3) is 22.3 Å². The zero-order valence-corrected chi connectivity index (χ0v) is 70.9. The topological polar surface area (TPSA) is 0 Å². The van der Waals surface area contributed by atoms with Crippen molar-refractivity contribution < 1.29 is 41.7 Å². The molecule has 6 heteroatoms. The van der Waals surface area contributed by atoms with E-state index in [2.05, 4.69) is 312 Å². The second kappa shape index (κ2) is 33.4. The van der Waals surface area contributed by atoms with Crippen molar-refractivity contribution in [1.82, 2.24) is 0 Å². The third kappa shape index (κ3) is 17.7. The number of hydrogen-bond donors (Lipinski definition) is 0. The van der Waals surface area contributed by atoms with Gasteiger partial charge >= 0.3 is 75.7 Å². The van der Waals surface area contributed by atoms with Crippen LogP contribution in [0.15, 0.2) is 216 Å². The van der Waals surface area contributed by atoms with E-state index in [-0.39, 0.29) is 47.3 Å². The molecule has 4 saturated carbocycles. The molecule has 0 bridgehead atoms. The molecule has 5 aromatic rings. The van der Waals surface area contributed by atoms with Crippen LogP contribution in [0.4, 0.5) is 0 Å². The summed E-state index contributed by atoms with van der Waals surface area (Å²) >= 11 is -1.65. The van der Waals surface area contributed by atoms with Gasteiger partial charge in [0.15, 0.2) is 0 Å². The molecule has 0 heterocycles. The second-order valence-corrected chi connectivity index (χ2v) is 42.2. The molecule has 0 amide bonds. The van der Waals surface area contributed by atoms with Crippen LogP contribution in [0.2, 0.25) is 0 Å². The van der Waals surface area contributed by atoms with Crippen LogP contribution in [0.1, 0.15) is 208 Å². The van der Waals surface area contributed by atoms with Crippen LogP contribution in [-0.2, 0) is 47.1 Å². The van der Waals surface area contributed by atoms with E-state index in [4.69, 9.17) is 34.1 Å². The van der Waals surface area contributed by atoms with E-state index in [0.717, 1.165) is 5.92 Å². The van der Waals surface area contributed by atoms with E-state index < -0.39 is 41.7 Å². The molecule has 520 valence electrons. The van der Waals surface area contributed by atoms with Gasteiger partial charge in [0.05, 0.1) is 0 Å². The first-order valence-electron chi connectivity index (χ1n) is 36.2. The van der Waals surface area contributed by atoms with E-state index in [0.29, 0.717) is 59.2 Å². The Kier molecular flexibility index (Phi) is 27.5. The van der Waals surface area contributed by atoms with Gasteiger partial charge in [-0.3, -0.25) is 11.8 Å². The van der Waals surface area contributed by atoms with Gasteiger partial charge in [-0.2, -0.15) is 5.41 Å². The summed E-state index contributed by atoms with van der Waals surface area (Å²) < 4.78 is 0. The van der Waals surface area contributed by atoms with Gasteiger partial charge in [0, 0.05) is 0 Å². The SMILES string of the molecule is CC(C)(C)C1=CC2C(C=C1c1ccccc1)[C-](C(C)(C)C1CCCC1)C1C=C(c3ccccc3)C(C(C)(C)C)=CC12.CC(C)(C)C1=CC2C(C=C1c1ccccc1)[C-](C(c1ccc(C(C)(C)C)cc1)C1CCCC1)C1C=C(c3ccccc3)C(C(C)(C)C)=CC12.[CH3-].[CH3-].[Cl][Zr+2][Cl].[Cl][Zr+2][Cl]. The predicted molar refractivity (Wildman–Crippen MR) is 424 cm³/mol. The molecule has 0 nitrogen and oxygen atoms in total. The van der Waals surface area contributed by atoms with Crippen molar-refractivity contribution >= 4 is 56.3 Å². The summed E-state index contributed by atoms with van der Waals surface area (Å²) in [6.07, 6.45) is 32.9. The van der Waals surface area contributed by atoms with E-state index >= 15 is 0 Å². The summed E-state index contributed by atoms with van der Waals surface area (Å²) in [6, 6.07) is 54.8. The number of benzene rings is 5. The van der Waals surface area contributed by atoms with Crippen LogP contribution in [-0.4, -0.2) is 0 Å². The minimum atomic E-state index is -0.826. The maximum absolute atomic E-state index is 4.93. The third-order valence-electron chi connectivity index (χ3n) is 23.1. The first kappa shape index (κ1) is 80.6. The van der Waals surface area contributed by atoms with Crippen molar-refractivity contribution in [2.24, 2.45) is 86.3 Å². The van der Waals surface area contributed by atoms with Gasteiger partial charge in [-0.15, -0.1) is 53.9 Å². The third-order valence-corrected chi connectivity index (χ3v) is 23.1. The fraction of sp³-hybridized carbons (Fsp3) is 0.457. The van der Waals surface area contributed by atoms with E-state index in [1.165, 1.54) is 129 Å². The fourth-order valence-electron chi connectivity index (χ4n) is 18.6. The van der Waals surface area contributed by atoms with E-state index in [1.807, 2.05) is 0 Å². The Morgan fingerprint density at radius 1 is 0.337 bits per heavy atom. The van der Waals surface area contributed by atoms with Crippen molar-refractivity contribution in [2.75, 3.05) is 0 Å². The van der Waals surface area contributed by atoms with Gasteiger partial charge in [0.2, 0.25) is 0 Å². The Bertz CT molecular complexity index is 3490. The molecule has 5 aromatic carbocycles. The molecule has 4 fully saturated rings. The van der Waals surface area contributed by atoms with Gasteiger partial charge in [-0.25, -0.2) is 0 Å². The molecule has 98 heavy (non-hydrogen) atoms. The molecule has 8 aliphatic carbocycles. The molecule has 0 saturated heterocycles. The monoisotopic (exact) mass is 1540 g/mol. The maximum atomic E-state index is 4.93. The molecule has 0 aromatic heterocycles. The fourth-order valence-corrected chi connectivity index (χ4v) is 18.6. The quantitative estimate of drug-likeness (QED) is 0.129. The summed E-state index contributed by atoms with van der Waals surface area (Å²) in [5, 5.41) is 0. The molecule has 0 N–H and O–H groups in total. The molecule has 8 aliphatic rings. The summed E-state index contributed by atoms with van der Waals surface area (Å²) in [6.45, 7) is 41.1. The predicted octanol–water partition coefficient (Wildman–Crippen LogP) is 28.5. The first-order chi connectivity index (χ1) is 45.4. The van der Waals surface area contributed by atoms with Crippen molar-refractivity contribution in [3.05, 3.63) is 277 Å². The molecular formula is C92H116Cl4Zr2. The number of fused-ring (bicyclic) bond motifs is 6. The standard InChI is InChI=1S/C49H59.C41H51.2CH3.4ClH.2Zr/c1-47(2,3)36-26-24-35(25-27-36)45(34-22-16-17-23-34)46-41-28-37(32-18-12-10-13-19-32)43(48(4,5)6)30-39(41)40-31-44(49(7,8)9)38(29-42(40)46)33-20-14-11-15-21-33;1-39(2,3)36-25-32-33-26-37(40(4,5)6)31(28-19-13-10-14-20-28)24-35(33)38(41(7,8)29-21-15-16-22-29)34(32)23-30(36)27-17-11-9-12-18-27;;;;;;;;/h10-15,18-21,24-31,34,39-42,45H,16-17,22-23H2,1-9H3;9-14,17-20,23-26,29,32-35H,15-16,21-22H2,1-8H3;2*1H3;4*1H;;/q4*-1;;;;;2*+4/p-4. The normalized spacial score (nSPS) is 24.5. The molecule has 9 atom stereocenters. The molecule has 9 unspecified atom stereocenters. The van der Waals surface area contributed by atoms with Gasteiger partial charge in [-0.1, -0.05) is 356 Å². The van der Waals surface area contributed by atoms with Crippen LogP contribution >= 0.6 is 34.1 Å². The molecule has 13 rings (SSSR count). The average molecular weight is 1550 g/mol. The number of rotatable bonds is 9. The Hall–Kier alpha value is -3.05. The summed E-state index contributed by atoms with van der Waals surface area (Å²) in [4.78, 5) is 0. The minimum absolute atomic E-state index is 0. The van der Waals surface area contributed by atoms with Crippen LogP contribution in [0.5, 0.6) is 0 Å². The van der Waals surface area contributed by atoms with Gasteiger partial charge in [0.25, 0.3) is 0 Å². The van der Waals surface area contributed by atoms with Gasteiger partial charge in [-0.05, 0) is 123 Å². The number of halogens is 4. The molecule has 0 spiro atoms. The van der Waals surface area contributed by atoms with Crippen molar-refractivity contribution in [3.8, 4) is 0 Å². The first-order valence-corrected chi connectivity index (χ1v) is 48.8. The summed E-state index contributed by atoms with van der Waals surface area (Å²) in [7, 11) is 19.7. The molecule has 0 aliphatic heterocycles. The van der Waals surface area contributed by atoms with Crippen molar-refractivity contribution in [1.29, 1.82) is 0 Å². The van der Waals surface area contributed by atoms with Crippen LogP contribution in [0, 0.1) is 113 Å². The van der Waals surface area contributed by atoms with Crippen molar-refractivity contribution in [2.45, 2.75) is 180 Å². The van der Waals surface area contributed by atoms with Gasteiger partial charge in [0.1, 0.15) is 0 Å². The second-order valence-electron chi connectivity index (χ2n) is 34.7. The number of hydrogen-bond acceptors (Lipinski definition) is 0. The Labute approximate surface area is 635 Å². The van der Waals surface area contributed by atoms with E-state index in [9.17, 15) is 0 Å². The van der Waals surface area contributed by atoms with Crippen LogP contribution < -0.4 is 0 Å². The zero-order chi connectivity index (χ0) is 69.3. The summed E-state index contributed by atoms with van der Waals surface area (Å²) in [5.41, 5.74) is 20.9. The van der Waals surface area contributed by atoms with Crippen LogP contribution in [0.3, 0.4) is 0 Å². The molecular weight excluding hydrogens is 1430 g/mol. The molecule has 0 radical (unpaired) electrons. The Morgan fingerprint density at radius 2 is 0.602 bits per heavy atom. The Morgan fingerprint density at radius 3 is 0.878 bits per heavy atom. The number of allylic oxidation sites excluding steroid dienone is 16. The van der Waals surface area contributed by atoms with Crippen molar-refractivity contribution in [3.63, 3.8) is 0 Å². The van der Waals surface area contributed by atoms with E-state index in [1.54, 1.807) is 11.8 Å². The zero-order valence-electron chi connectivity index (χ0n) is 63.0. The summed E-state index contributed by atoms with van der Waals surface area (Å²) in [5.74, 6) is 9.13. The average Bonchev–Trinajstić information content (AvgIpc) is 1.46. The van der Waals surface area contributed by atoms with Gasteiger partial charge < -0.3 is 14.9 Å².